The van der Waals surface area contributed by atoms with Gasteiger partial charge in [-0.15, -0.1) is 0 Å². The fourth-order valence-corrected chi connectivity index (χ4v) is 3.55. The van der Waals surface area contributed by atoms with Gasteiger partial charge in [0.25, 0.3) is 0 Å². The van der Waals surface area contributed by atoms with Gasteiger partial charge < -0.3 is 4.52 Å². The lowest BCUT2D eigenvalue weighted by Crippen LogP contribution is -2.31. The lowest BCUT2D eigenvalue weighted by atomic mass is 10.3. The molecule has 0 heterocycles. The summed E-state index contributed by atoms with van der Waals surface area (Å²) in [6.07, 6.45) is 0.398. The first-order valence-electron chi connectivity index (χ1n) is 4.74. The second-order valence-electron chi connectivity index (χ2n) is 3.54. The summed E-state index contributed by atoms with van der Waals surface area (Å²) < 4.78 is 7.52. The van der Waals surface area contributed by atoms with Gasteiger partial charge in [-0.2, -0.15) is 5.26 Å². The number of nitriles is 1. The van der Waals surface area contributed by atoms with Crippen LogP contribution in [0.3, 0.4) is 0 Å². The SMILES string of the molecule is CC(C)N(C(C)C)P(Cl)OCCC#N.[B]. The van der Waals surface area contributed by atoms with Crippen LogP contribution in [0.25, 0.3) is 0 Å². The van der Waals surface area contributed by atoms with Crippen LogP contribution >= 0.6 is 18.9 Å². The lowest BCUT2D eigenvalue weighted by Gasteiger charge is -2.32. The Labute approximate surface area is 101 Å². The van der Waals surface area contributed by atoms with E-state index in [9.17, 15) is 0 Å². The highest BCUT2D eigenvalue weighted by atomic mass is 35.7. The fourth-order valence-electron chi connectivity index (χ4n) is 1.19. The summed E-state index contributed by atoms with van der Waals surface area (Å²) >= 11 is 6.13. The molecule has 3 nitrogen and oxygen atoms in total. The molecule has 85 valence electrons. The molecule has 0 amide bonds. The zero-order valence-electron chi connectivity index (χ0n) is 9.77. The first-order chi connectivity index (χ1) is 6.50. The molecule has 0 aromatic heterocycles. The van der Waals surface area contributed by atoms with Crippen molar-refractivity contribution >= 4 is 27.3 Å². The summed E-state index contributed by atoms with van der Waals surface area (Å²) in [7, 11) is -1.08. The van der Waals surface area contributed by atoms with Crippen LogP contribution in [0.15, 0.2) is 0 Å². The molecular weight excluding hydrogens is 229 g/mol. The Bertz CT molecular complexity index is 191. The molecule has 0 aliphatic carbocycles. The average Bonchev–Trinajstić information content (AvgIpc) is 2.03. The van der Waals surface area contributed by atoms with E-state index in [1.54, 1.807) is 0 Å². The maximum absolute atomic E-state index is 8.36. The number of hydrogen-bond donors (Lipinski definition) is 0. The van der Waals surface area contributed by atoms with E-state index in [0.29, 0.717) is 25.1 Å². The van der Waals surface area contributed by atoms with Gasteiger partial charge in [-0.25, -0.2) is 4.67 Å². The van der Waals surface area contributed by atoms with Crippen molar-refractivity contribution in [1.82, 2.24) is 4.67 Å². The van der Waals surface area contributed by atoms with E-state index in [4.69, 9.17) is 21.0 Å². The normalized spacial score (nSPS) is 12.7. The first kappa shape index (κ1) is 17.6. The van der Waals surface area contributed by atoms with Gasteiger partial charge in [0.2, 0.25) is 7.65 Å². The molecule has 0 aliphatic heterocycles. The van der Waals surface area contributed by atoms with E-state index in [1.165, 1.54) is 0 Å². The van der Waals surface area contributed by atoms with Gasteiger partial charge in [0.05, 0.1) is 19.1 Å². The summed E-state index contributed by atoms with van der Waals surface area (Å²) in [6, 6.07) is 2.75. The van der Waals surface area contributed by atoms with Crippen LogP contribution < -0.4 is 0 Å². The van der Waals surface area contributed by atoms with Crippen molar-refractivity contribution in [3.8, 4) is 6.07 Å². The Morgan fingerprint density at radius 2 is 1.80 bits per heavy atom. The van der Waals surface area contributed by atoms with Crippen LogP contribution in [0.4, 0.5) is 0 Å². The lowest BCUT2D eigenvalue weighted by molar-refractivity contribution is 0.266. The number of nitrogens with zero attached hydrogens (tertiary/aromatic N) is 2. The molecule has 0 bridgehead atoms. The average molecular weight is 247 g/mol. The molecule has 0 saturated heterocycles. The molecule has 0 aliphatic rings. The topological polar surface area (TPSA) is 36.3 Å². The highest BCUT2D eigenvalue weighted by Crippen LogP contribution is 2.49. The molecule has 1 unspecified atom stereocenters. The minimum atomic E-state index is -1.08. The highest BCUT2D eigenvalue weighted by Gasteiger charge is 2.23. The summed E-state index contributed by atoms with van der Waals surface area (Å²) in [4.78, 5) is 0. The predicted molar refractivity (Wildman–Crippen MR) is 66.8 cm³/mol. The third-order valence-electron chi connectivity index (χ3n) is 1.65. The van der Waals surface area contributed by atoms with Gasteiger partial charge in [0.15, 0.2) is 0 Å². The van der Waals surface area contributed by atoms with Crippen molar-refractivity contribution < 1.29 is 4.52 Å². The van der Waals surface area contributed by atoms with Crippen LogP contribution in [0, 0.1) is 11.3 Å². The quantitative estimate of drug-likeness (QED) is 0.411. The summed E-state index contributed by atoms with van der Waals surface area (Å²) in [5, 5.41) is 8.36. The van der Waals surface area contributed by atoms with E-state index in [1.807, 2.05) is 6.07 Å². The molecule has 0 spiro atoms. The second-order valence-corrected chi connectivity index (χ2v) is 5.58. The molecule has 15 heavy (non-hydrogen) atoms. The maximum Gasteiger partial charge on any atom is 0.207 e. The maximum atomic E-state index is 8.36. The van der Waals surface area contributed by atoms with E-state index in [-0.39, 0.29) is 8.41 Å². The fraction of sp³-hybridized carbons (Fsp3) is 0.889. The van der Waals surface area contributed by atoms with Gasteiger partial charge in [0.1, 0.15) is 0 Å². The molecule has 0 fully saturated rings. The molecule has 0 aromatic rings. The third kappa shape index (κ3) is 7.14. The Hall–Kier alpha value is 0.195. The Morgan fingerprint density at radius 1 is 1.33 bits per heavy atom. The Balaban J connectivity index is 0. The standard InChI is InChI=1S/C9H18ClN2OP.B/c1-8(2)12(9(3)4)14(10)13-7-5-6-11;/h8-9H,5,7H2,1-4H3;. The van der Waals surface area contributed by atoms with Gasteiger partial charge in [-0.1, -0.05) is 0 Å². The van der Waals surface area contributed by atoms with Crippen LogP contribution in [0.2, 0.25) is 0 Å². The molecule has 0 saturated carbocycles. The number of rotatable bonds is 6. The monoisotopic (exact) mass is 247 g/mol. The first-order valence-corrected chi connectivity index (χ1v) is 6.86. The Morgan fingerprint density at radius 3 is 2.13 bits per heavy atom. The minimum Gasteiger partial charge on any atom is -0.330 e. The Kier molecular flexibility index (Phi) is 11.0. The second kappa shape index (κ2) is 9.42. The predicted octanol–water partition coefficient (Wildman–Crippen LogP) is 3.12. The van der Waals surface area contributed by atoms with Gasteiger partial charge in [0, 0.05) is 20.5 Å². The van der Waals surface area contributed by atoms with Crippen molar-refractivity contribution in [3.63, 3.8) is 0 Å². The molecule has 0 aromatic carbocycles. The molecule has 0 rings (SSSR count). The molecule has 3 radical (unpaired) electrons. The van der Waals surface area contributed by atoms with Crippen molar-refractivity contribution in [2.45, 2.75) is 46.2 Å². The van der Waals surface area contributed by atoms with Gasteiger partial charge in [-0.3, -0.25) is 0 Å². The van der Waals surface area contributed by atoms with Gasteiger partial charge in [-0.05, 0) is 38.9 Å². The zero-order valence-corrected chi connectivity index (χ0v) is 11.4. The molecular formula is C9H18BClN2OP. The zero-order chi connectivity index (χ0) is 11.1. The summed E-state index contributed by atoms with van der Waals surface area (Å²) in [6.45, 7) is 8.77. The smallest absolute Gasteiger partial charge is 0.207 e. The number of halogens is 1. The van der Waals surface area contributed by atoms with E-state index in [2.05, 4.69) is 32.4 Å². The van der Waals surface area contributed by atoms with Gasteiger partial charge >= 0.3 is 0 Å². The van der Waals surface area contributed by atoms with E-state index >= 15 is 0 Å². The molecule has 0 N–H and O–H groups in total. The number of hydrogen-bond acceptors (Lipinski definition) is 3. The third-order valence-corrected chi connectivity index (χ3v) is 4.15. The summed E-state index contributed by atoms with van der Waals surface area (Å²) in [5.41, 5.74) is 0. The molecule has 6 heteroatoms. The van der Waals surface area contributed by atoms with Crippen molar-refractivity contribution in [1.29, 1.82) is 5.26 Å². The van der Waals surface area contributed by atoms with Crippen LogP contribution in [-0.4, -0.2) is 31.8 Å². The summed E-state index contributed by atoms with van der Waals surface area (Å²) in [5.74, 6) is 0. The minimum absolute atomic E-state index is 0. The van der Waals surface area contributed by atoms with E-state index < -0.39 is 7.65 Å². The van der Waals surface area contributed by atoms with Crippen LogP contribution in [0.5, 0.6) is 0 Å². The largest absolute Gasteiger partial charge is 0.330 e. The van der Waals surface area contributed by atoms with Crippen molar-refractivity contribution in [3.05, 3.63) is 0 Å². The van der Waals surface area contributed by atoms with Crippen LogP contribution in [0.1, 0.15) is 34.1 Å². The highest BCUT2D eigenvalue weighted by molar-refractivity contribution is 7.78. The van der Waals surface area contributed by atoms with Crippen molar-refractivity contribution in [2.24, 2.45) is 0 Å². The van der Waals surface area contributed by atoms with Crippen LogP contribution in [-0.2, 0) is 4.52 Å². The van der Waals surface area contributed by atoms with Crippen molar-refractivity contribution in [2.75, 3.05) is 6.61 Å². The van der Waals surface area contributed by atoms with E-state index in [0.717, 1.165) is 0 Å². The molecule has 1 atom stereocenters.